The third-order valence-electron chi connectivity index (χ3n) is 2.58. The molecule has 0 radical (unpaired) electrons. The molecule has 3 heteroatoms. The largest absolute Gasteiger partial charge is 0.468 e. The zero-order valence-electron chi connectivity index (χ0n) is 11.4. The normalized spacial score (nSPS) is 11.2. The minimum absolute atomic E-state index is 0.252. The molecule has 0 heterocycles. The molecular weight excluding hydrogens is 250 g/mol. The Morgan fingerprint density at radius 1 is 1.00 bits per heavy atom. The number of nitrogens with zero attached hydrogens (tertiary/aromatic N) is 1. The number of benzene rings is 2. The van der Waals surface area contributed by atoms with E-state index >= 15 is 0 Å². The van der Waals surface area contributed by atoms with E-state index in [0.717, 1.165) is 17.0 Å². The van der Waals surface area contributed by atoms with Gasteiger partial charge in [-0.1, -0.05) is 36.4 Å². The molecule has 2 aromatic carbocycles. The maximum Gasteiger partial charge on any atom is 0.188 e. The van der Waals surface area contributed by atoms with Crippen LogP contribution in [-0.4, -0.2) is 20.1 Å². The van der Waals surface area contributed by atoms with E-state index in [1.165, 1.54) is 0 Å². The predicted octanol–water partition coefficient (Wildman–Crippen LogP) is 4.09. The highest BCUT2D eigenvalue weighted by atomic mass is 16.7. The van der Waals surface area contributed by atoms with E-state index in [1.54, 1.807) is 13.3 Å². The van der Waals surface area contributed by atoms with E-state index in [9.17, 15) is 0 Å². The first kappa shape index (κ1) is 14.0. The Morgan fingerprint density at radius 3 is 2.45 bits per heavy atom. The highest BCUT2D eigenvalue weighted by Gasteiger charge is 1.92. The van der Waals surface area contributed by atoms with Crippen LogP contribution in [0.5, 0.6) is 5.75 Å². The Morgan fingerprint density at radius 2 is 1.75 bits per heavy atom. The summed E-state index contributed by atoms with van der Waals surface area (Å²) in [7, 11) is 1.59. The van der Waals surface area contributed by atoms with Gasteiger partial charge in [0.05, 0.1) is 5.69 Å². The van der Waals surface area contributed by atoms with Crippen molar-refractivity contribution in [2.45, 2.75) is 0 Å². The van der Waals surface area contributed by atoms with Crippen LogP contribution in [0.2, 0.25) is 0 Å². The maximum absolute atomic E-state index is 5.31. The van der Waals surface area contributed by atoms with Crippen LogP contribution in [0.25, 0.3) is 6.08 Å². The highest BCUT2D eigenvalue weighted by Crippen LogP contribution is 2.17. The van der Waals surface area contributed by atoms with Crippen molar-refractivity contribution in [3.63, 3.8) is 0 Å². The lowest BCUT2D eigenvalue weighted by molar-refractivity contribution is 0.0511. The van der Waals surface area contributed by atoms with E-state index < -0.39 is 0 Å². The van der Waals surface area contributed by atoms with E-state index in [-0.39, 0.29) is 6.79 Å². The summed E-state index contributed by atoms with van der Waals surface area (Å²) in [6.45, 7) is 0.252. The molecule has 2 rings (SSSR count). The third-order valence-corrected chi connectivity index (χ3v) is 2.58. The van der Waals surface area contributed by atoms with Gasteiger partial charge in [0.25, 0.3) is 0 Å². The van der Waals surface area contributed by atoms with E-state index in [4.69, 9.17) is 9.47 Å². The molecule has 0 aliphatic rings. The molecule has 0 aromatic heterocycles. The third kappa shape index (κ3) is 4.71. The summed E-state index contributed by atoms with van der Waals surface area (Å²) in [5, 5.41) is 0. The fourth-order valence-electron chi connectivity index (χ4n) is 1.60. The summed E-state index contributed by atoms with van der Waals surface area (Å²) in [4.78, 5) is 4.34. The summed E-state index contributed by atoms with van der Waals surface area (Å²) in [6, 6.07) is 17.7. The molecule has 3 nitrogen and oxygen atoms in total. The second-order valence-electron chi connectivity index (χ2n) is 4.09. The fraction of sp³-hybridized carbons (Fsp3) is 0.118. The van der Waals surface area contributed by atoms with Crippen LogP contribution in [0, 0.1) is 0 Å². The molecule has 0 bridgehead atoms. The highest BCUT2D eigenvalue weighted by molar-refractivity contribution is 5.80. The van der Waals surface area contributed by atoms with Gasteiger partial charge in [0.1, 0.15) is 5.75 Å². The van der Waals surface area contributed by atoms with Crippen molar-refractivity contribution in [3.8, 4) is 5.75 Å². The van der Waals surface area contributed by atoms with Crippen LogP contribution in [0.4, 0.5) is 5.69 Å². The zero-order chi connectivity index (χ0) is 14.0. The van der Waals surface area contributed by atoms with E-state index in [2.05, 4.69) is 4.99 Å². The molecular formula is C17H17NO2. The minimum Gasteiger partial charge on any atom is -0.468 e. The van der Waals surface area contributed by atoms with Gasteiger partial charge < -0.3 is 9.47 Å². The number of rotatable bonds is 6. The number of allylic oxidation sites excluding steroid dienone is 1. The van der Waals surface area contributed by atoms with Gasteiger partial charge in [0.2, 0.25) is 0 Å². The van der Waals surface area contributed by atoms with Crippen molar-refractivity contribution in [1.29, 1.82) is 0 Å². The molecule has 102 valence electrons. The van der Waals surface area contributed by atoms with Crippen molar-refractivity contribution in [1.82, 2.24) is 0 Å². The number of aliphatic imine (C=N–C) groups is 1. The second-order valence-corrected chi connectivity index (χ2v) is 4.09. The summed E-state index contributed by atoms with van der Waals surface area (Å²) in [6.07, 6.45) is 5.71. The number of methoxy groups -OCH3 is 1. The van der Waals surface area contributed by atoms with Crippen LogP contribution < -0.4 is 4.74 Å². The quantitative estimate of drug-likeness (QED) is 0.583. The van der Waals surface area contributed by atoms with Crippen molar-refractivity contribution < 1.29 is 9.47 Å². The van der Waals surface area contributed by atoms with E-state index in [0.29, 0.717) is 0 Å². The summed E-state index contributed by atoms with van der Waals surface area (Å²) >= 11 is 0. The van der Waals surface area contributed by atoms with Crippen molar-refractivity contribution in [2.24, 2.45) is 4.99 Å². The standard InChI is InChI=1S/C17H17NO2/c1-19-14-20-17-11-9-16(10-12-17)18-13-5-8-15-6-3-2-4-7-15/h2-13H,14H2,1H3. The van der Waals surface area contributed by atoms with Gasteiger partial charge in [-0.2, -0.15) is 0 Å². The molecule has 2 aromatic rings. The SMILES string of the molecule is COCOc1ccc(N=CC=Cc2ccccc2)cc1. The Bertz CT molecular complexity index is 559. The molecule has 0 fully saturated rings. The second kappa shape index (κ2) is 7.92. The smallest absolute Gasteiger partial charge is 0.188 e. The fourth-order valence-corrected chi connectivity index (χ4v) is 1.60. The molecule has 0 saturated carbocycles. The molecule has 0 N–H and O–H groups in total. The van der Waals surface area contributed by atoms with Gasteiger partial charge in [0, 0.05) is 13.3 Å². The number of ether oxygens (including phenoxy) is 2. The minimum atomic E-state index is 0.252. The van der Waals surface area contributed by atoms with Crippen LogP contribution in [0.3, 0.4) is 0 Å². The molecule has 20 heavy (non-hydrogen) atoms. The van der Waals surface area contributed by atoms with Crippen molar-refractivity contribution >= 4 is 18.0 Å². The predicted molar refractivity (Wildman–Crippen MR) is 82.6 cm³/mol. The molecule has 0 saturated heterocycles. The average molecular weight is 267 g/mol. The molecule has 0 amide bonds. The monoisotopic (exact) mass is 267 g/mol. The van der Waals surface area contributed by atoms with Gasteiger partial charge >= 0.3 is 0 Å². The van der Waals surface area contributed by atoms with Crippen LogP contribution in [0.15, 0.2) is 65.7 Å². The van der Waals surface area contributed by atoms with Crippen molar-refractivity contribution in [3.05, 3.63) is 66.2 Å². The molecule has 0 aliphatic heterocycles. The number of hydrogen-bond acceptors (Lipinski definition) is 3. The van der Waals surface area contributed by atoms with Gasteiger partial charge in [-0.05, 0) is 35.9 Å². The maximum atomic E-state index is 5.31. The molecule has 0 atom stereocenters. The summed E-state index contributed by atoms with van der Waals surface area (Å²) < 4.78 is 10.1. The van der Waals surface area contributed by atoms with Gasteiger partial charge in [-0.3, -0.25) is 4.99 Å². The molecule has 0 unspecified atom stereocenters. The lowest BCUT2D eigenvalue weighted by Crippen LogP contribution is -1.97. The average Bonchev–Trinajstić information content (AvgIpc) is 2.52. The Kier molecular flexibility index (Phi) is 5.55. The molecule has 0 aliphatic carbocycles. The molecule has 0 spiro atoms. The first-order chi connectivity index (χ1) is 9.88. The summed E-state index contributed by atoms with van der Waals surface area (Å²) in [5.41, 5.74) is 2.04. The Hall–Kier alpha value is -2.39. The summed E-state index contributed by atoms with van der Waals surface area (Å²) in [5.74, 6) is 0.769. The first-order valence-corrected chi connectivity index (χ1v) is 6.36. The van der Waals surface area contributed by atoms with Gasteiger partial charge in [0.15, 0.2) is 6.79 Å². The van der Waals surface area contributed by atoms with Crippen LogP contribution in [0.1, 0.15) is 5.56 Å². The Labute approximate surface area is 119 Å². The van der Waals surface area contributed by atoms with Crippen LogP contribution >= 0.6 is 0 Å². The van der Waals surface area contributed by atoms with Gasteiger partial charge in [-0.25, -0.2) is 0 Å². The Balaban J connectivity index is 1.89. The van der Waals surface area contributed by atoms with E-state index in [1.807, 2.05) is 66.7 Å². The van der Waals surface area contributed by atoms with Gasteiger partial charge in [-0.15, -0.1) is 0 Å². The van der Waals surface area contributed by atoms with Crippen molar-refractivity contribution in [2.75, 3.05) is 13.9 Å². The topological polar surface area (TPSA) is 30.8 Å². The number of hydrogen-bond donors (Lipinski definition) is 0. The lowest BCUT2D eigenvalue weighted by atomic mass is 10.2. The first-order valence-electron chi connectivity index (χ1n) is 6.36. The zero-order valence-corrected chi connectivity index (χ0v) is 11.4. The van der Waals surface area contributed by atoms with Crippen LogP contribution in [-0.2, 0) is 4.74 Å². The lowest BCUT2D eigenvalue weighted by Gasteiger charge is -2.03.